The smallest absolute Gasteiger partial charge is 0.267 e. The Balaban J connectivity index is 2.44. The first kappa shape index (κ1) is 12.0. The predicted octanol–water partition coefficient (Wildman–Crippen LogP) is 1.28. The maximum Gasteiger partial charge on any atom is 0.267 e. The third-order valence-corrected chi connectivity index (χ3v) is 2.42. The minimum Gasteiger partial charge on any atom is -0.351 e. The molecule has 0 aliphatic rings. The van der Waals surface area contributed by atoms with E-state index in [1.54, 1.807) is 12.1 Å². The number of unbranched alkanes of at least 4 members (excludes halogenated alkanes) is 1. The summed E-state index contributed by atoms with van der Waals surface area (Å²) in [5.74, 6) is -0.234. The summed E-state index contributed by atoms with van der Waals surface area (Å²) in [5, 5.41) is 3.67. The summed E-state index contributed by atoms with van der Waals surface area (Å²) in [6.45, 7) is 0.626. The Morgan fingerprint density at radius 1 is 1.40 bits per heavy atom. The van der Waals surface area contributed by atoms with Gasteiger partial charge in [0.25, 0.3) is 5.91 Å². The molecule has 0 aliphatic heterocycles. The van der Waals surface area contributed by atoms with E-state index < -0.39 is 0 Å². The minimum atomic E-state index is -0.261. The number of aromatic amines is 1. The quantitative estimate of drug-likeness (QED) is 0.627. The lowest BCUT2D eigenvalue weighted by Gasteiger charge is -2.03. The van der Waals surface area contributed by atoms with E-state index in [4.69, 9.17) is 0 Å². The van der Waals surface area contributed by atoms with Crippen molar-refractivity contribution in [1.82, 2.24) is 10.3 Å². The van der Waals surface area contributed by atoms with Gasteiger partial charge in [-0.25, -0.2) is 0 Å². The van der Waals surface area contributed by atoms with Crippen molar-refractivity contribution in [2.75, 3.05) is 11.9 Å². The Hall–Kier alpha value is -1.10. The average Bonchev–Trinajstić information content (AvgIpc) is 2.24. The van der Waals surface area contributed by atoms with Crippen molar-refractivity contribution >= 4 is 21.8 Å². The van der Waals surface area contributed by atoms with Crippen molar-refractivity contribution in [1.29, 1.82) is 0 Å². The summed E-state index contributed by atoms with van der Waals surface area (Å²) >= 11 is 3.31. The van der Waals surface area contributed by atoms with Gasteiger partial charge in [-0.2, -0.15) is 0 Å². The minimum absolute atomic E-state index is 0.234. The molecule has 0 atom stereocenters. The first-order valence-corrected chi connectivity index (χ1v) is 5.89. The van der Waals surface area contributed by atoms with E-state index in [-0.39, 0.29) is 11.5 Å². The molecule has 82 valence electrons. The molecule has 1 heterocycles. The second kappa shape index (κ2) is 6.40. The van der Waals surface area contributed by atoms with Gasteiger partial charge in [0.05, 0.1) is 0 Å². The highest BCUT2D eigenvalue weighted by atomic mass is 79.9. The molecular formula is C10H13BrN2O2. The number of nitrogens with one attached hydrogen (secondary N) is 2. The number of aromatic nitrogens is 1. The molecule has 1 aromatic heterocycles. The Morgan fingerprint density at radius 2 is 2.20 bits per heavy atom. The molecule has 4 nitrogen and oxygen atoms in total. The highest BCUT2D eigenvalue weighted by Gasteiger charge is 2.04. The van der Waals surface area contributed by atoms with Gasteiger partial charge >= 0.3 is 0 Å². The lowest BCUT2D eigenvalue weighted by Crippen LogP contribution is -2.27. The number of hydrogen-bond acceptors (Lipinski definition) is 2. The van der Waals surface area contributed by atoms with Crippen molar-refractivity contribution in [2.24, 2.45) is 0 Å². The molecule has 0 aliphatic carbocycles. The summed E-state index contributed by atoms with van der Waals surface area (Å²) in [4.78, 5) is 24.9. The van der Waals surface area contributed by atoms with Crippen LogP contribution >= 0.6 is 15.9 Å². The zero-order valence-electron chi connectivity index (χ0n) is 8.25. The molecule has 5 heteroatoms. The van der Waals surface area contributed by atoms with Crippen LogP contribution in [0.4, 0.5) is 0 Å². The van der Waals surface area contributed by atoms with Gasteiger partial charge in [0, 0.05) is 17.9 Å². The van der Waals surface area contributed by atoms with Crippen molar-refractivity contribution < 1.29 is 4.79 Å². The molecule has 15 heavy (non-hydrogen) atoms. The summed E-state index contributed by atoms with van der Waals surface area (Å²) < 4.78 is 0. The molecule has 0 bridgehead atoms. The lowest BCUT2D eigenvalue weighted by atomic mass is 10.3. The molecular weight excluding hydrogens is 260 g/mol. The number of alkyl halides is 1. The fraction of sp³-hybridized carbons (Fsp3) is 0.400. The largest absolute Gasteiger partial charge is 0.351 e. The molecule has 0 saturated carbocycles. The Morgan fingerprint density at radius 3 is 2.87 bits per heavy atom. The van der Waals surface area contributed by atoms with Gasteiger partial charge in [0.2, 0.25) is 5.56 Å². The molecule has 1 amide bonds. The molecule has 0 saturated heterocycles. The highest BCUT2D eigenvalue weighted by Crippen LogP contribution is 1.93. The van der Waals surface area contributed by atoms with Gasteiger partial charge in [-0.15, -0.1) is 0 Å². The first-order valence-electron chi connectivity index (χ1n) is 4.77. The van der Waals surface area contributed by atoms with Gasteiger partial charge in [-0.05, 0) is 18.9 Å². The first-order chi connectivity index (χ1) is 7.24. The molecule has 1 aromatic rings. The molecule has 0 unspecified atom stereocenters. The second-order valence-corrected chi connectivity index (χ2v) is 3.87. The molecule has 0 spiro atoms. The molecule has 2 N–H and O–H groups in total. The summed E-state index contributed by atoms with van der Waals surface area (Å²) in [7, 11) is 0. The van der Waals surface area contributed by atoms with E-state index in [2.05, 4.69) is 26.2 Å². The van der Waals surface area contributed by atoms with E-state index >= 15 is 0 Å². The number of rotatable bonds is 5. The van der Waals surface area contributed by atoms with Crippen LogP contribution in [0.5, 0.6) is 0 Å². The normalized spacial score (nSPS) is 9.93. The third-order valence-electron chi connectivity index (χ3n) is 1.86. The fourth-order valence-electron chi connectivity index (χ4n) is 1.10. The van der Waals surface area contributed by atoms with Gasteiger partial charge in [-0.3, -0.25) is 9.59 Å². The third kappa shape index (κ3) is 4.29. The monoisotopic (exact) mass is 272 g/mol. The van der Waals surface area contributed by atoms with Crippen LogP contribution in [0.15, 0.2) is 23.0 Å². The van der Waals surface area contributed by atoms with Crippen LogP contribution in [0.1, 0.15) is 23.3 Å². The van der Waals surface area contributed by atoms with E-state index in [1.165, 1.54) is 6.07 Å². The molecule has 0 radical (unpaired) electrons. The van der Waals surface area contributed by atoms with Crippen LogP contribution in [0, 0.1) is 0 Å². The summed E-state index contributed by atoms with van der Waals surface area (Å²) in [6.07, 6.45) is 1.94. The van der Waals surface area contributed by atoms with Crippen LogP contribution in [-0.2, 0) is 0 Å². The van der Waals surface area contributed by atoms with Crippen LogP contribution < -0.4 is 10.9 Å². The Kier molecular flexibility index (Phi) is 5.10. The highest BCUT2D eigenvalue weighted by molar-refractivity contribution is 9.09. The number of amides is 1. The Bertz CT molecular complexity index is 376. The number of carbonyl (C=O) groups excluding carboxylic acids is 1. The van der Waals surface area contributed by atoms with Crippen molar-refractivity contribution in [3.8, 4) is 0 Å². The number of pyridine rings is 1. The Labute approximate surface area is 96.2 Å². The molecule has 0 aromatic carbocycles. The number of hydrogen-bond donors (Lipinski definition) is 2. The SMILES string of the molecule is O=C(NCCCCBr)c1cccc(=O)[nH]1. The van der Waals surface area contributed by atoms with Crippen LogP contribution in [0.25, 0.3) is 0 Å². The van der Waals surface area contributed by atoms with Crippen molar-refractivity contribution in [3.63, 3.8) is 0 Å². The van der Waals surface area contributed by atoms with Gasteiger partial charge in [0.1, 0.15) is 5.69 Å². The molecule has 1 rings (SSSR count). The summed E-state index contributed by atoms with van der Waals surface area (Å²) in [6, 6.07) is 4.52. The topological polar surface area (TPSA) is 62.0 Å². The number of halogens is 1. The van der Waals surface area contributed by atoms with E-state index in [0.29, 0.717) is 12.2 Å². The van der Waals surface area contributed by atoms with E-state index in [1.807, 2.05) is 0 Å². The number of H-pyrrole nitrogens is 1. The van der Waals surface area contributed by atoms with E-state index in [9.17, 15) is 9.59 Å². The van der Waals surface area contributed by atoms with Crippen LogP contribution in [-0.4, -0.2) is 22.8 Å². The summed E-state index contributed by atoms with van der Waals surface area (Å²) in [5.41, 5.74) is 0.0458. The van der Waals surface area contributed by atoms with Gasteiger partial charge in [0.15, 0.2) is 0 Å². The predicted molar refractivity (Wildman–Crippen MR) is 62.4 cm³/mol. The van der Waals surface area contributed by atoms with Crippen LogP contribution in [0.2, 0.25) is 0 Å². The van der Waals surface area contributed by atoms with Gasteiger partial charge < -0.3 is 10.3 Å². The standard InChI is InChI=1S/C10H13BrN2O2/c11-6-1-2-7-12-10(15)8-4-3-5-9(14)13-8/h3-5H,1-2,6-7H2,(H,12,15)(H,13,14). The zero-order valence-corrected chi connectivity index (χ0v) is 9.84. The van der Waals surface area contributed by atoms with Crippen molar-refractivity contribution in [3.05, 3.63) is 34.2 Å². The number of carbonyl (C=O) groups is 1. The van der Waals surface area contributed by atoms with Crippen LogP contribution in [0.3, 0.4) is 0 Å². The van der Waals surface area contributed by atoms with Crippen molar-refractivity contribution in [2.45, 2.75) is 12.8 Å². The zero-order chi connectivity index (χ0) is 11.1. The lowest BCUT2D eigenvalue weighted by molar-refractivity contribution is 0.0948. The second-order valence-electron chi connectivity index (χ2n) is 3.08. The molecule has 0 fully saturated rings. The van der Waals surface area contributed by atoms with Gasteiger partial charge in [-0.1, -0.05) is 22.0 Å². The fourth-order valence-corrected chi connectivity index (χ4v) is 1.49. The maximum atomic E-state index is 11.5. The maximum absolute atomic E-state index is 11.5. The average molecular weight is 273 g/mol. The van der Waals surface area contributed by atoms with E-state index in [0.717, 1.165) is 18.2 Å².